The number of aromatic nitrogens is 2. The van der Waals surface area contributed by atoms with Crippen molar-refractivity contribution in [3.05, 3.63) is 17.5 Å². The van der Waals surface area contributed by atoms with Crippen LogP contribution in [0.5, 0.6) is 0 Å². The van der Waals surface area contributed by atoms with Gasteiger partial charge in [0.15, 0.2) is 5.69 Å². The molecule has 0 radical (unpaired) electrons. The minimum Gasteiger partial charge on any atom is -0.461 e. The fourth-order valence-corrected chi connectivity index (χ4v) is 1.34. The second kappa shape index (κ2) is 4.66. The van der Waals surface area contributed by atoms with Crippen molar-refractivity contribution in [2.24, 2.45) is 7.05 Å². The highest BCUT2D eigenvalue weighted by Crippen LogP contribution is 2.27. The van der Waals surface area contributed by atoms with Crippen LogP contribution in [0.1, 0.15) is 27.8 Å². The lowest BCUT2D eigenvalue weighted by molar-refractivity contribution is 0.0517. The van der Waals surface area contributed by atoms with Crippen LogP contribution in [-0.4, -0.2) is 22.4 Å². The summed E-state index contributed by atoms with van der Waals surface area (Å²) in [6.45, 7) is 2.02. The van der Waals surface area contributed by atoms with Crippen molar-refractivity contribution in [3.63, 3.8) is 0 Å². The lowest BCUT2D eigenvalue weighted by atomic mass is 10.3. The zero-order valence-electron chi connectivity index (χ0n) is 7.83. The van der Waals surface area contributed by atoms with Gasteiger partial charge in [-0.05, 0) is 6.92 Å². The lowest BCUT2D eigenvalue weighted by Crippen LogP contribution is -2.08. The fraction of sp³-hybridized carbons (Fsp3) is 0.500. The van der Waals surface area contributed by atoms with E-state index in [1.807, 2.05) is 0 Å². The van der Waals surface area contributed by atoms with Gasteiger partial charge in [0, 0.05) is 18.8 Å². The molecule has 4 nitrogen and oxygen atoms in total. The molecule has 1 aromatic heterocycles. The summed E-state index contributed by atoms with van der Waals surface area (Å²) >= 11 is 11.3. The van der Waals surface area contributed by atoms with Crippen molar-refractivity contribution in [2.75, 3.05) is 6.61 Å². The Labute approximate surface area is 91.7 Å². The Bertz CT molecular complexity index is 336. The second-order valence-electron chi connectivity index (χ2n) is 2.63. The average Bonchev–Trinajstić information content (AvgIpc) is 2.48. The van der Waals surface area contributed by atoms with Gasteiger partial charge in [0.25, 0.3) is 0 Å². The summed E-state index contributed by atoms with van der Waals surface area (Å²) in [6.07, 6.45) is 1.59. The van der Waals surface area contributed by atoms with E-state index < -0.39 is 10.8 Å². The normalized spacial score (nSPS) is 10.6. The summed E-state index contributed by atoms with van der Waals surface area (Å²) in [6, 6.07) is 0. The summed E-state index contributed by atoms with van der Waals surface area (Å²) in [7, 11) is 1.68. The molecule has 0 fully saturated rings. The molecule has 0 spiro atoms. The van der Waals surface area contributed by atoms with Gasteiger partial charge in [-0.2, -0.15) is 5.10 Å². The first-order chi connectivity index (χ1) is 6.56. The Morgan fingerprint density at radius 1 is 1.71 bits per heavy atom. The molecular weight excluding hydrogens is 227 g/mol. The maximum atomic E-state index is 11.4. The molecule has 0 atom stereocenters. The summed E-state index contributed by atoms with van der Waals surface area (Å²) in [5.74, 6) is -0.505. The maximum absolute atomic E-state index is 11.4. The molecule has 0 N–H and O–H groups in total. The molecule has 0 unspecified atom stereocenters. The first-order valence-corrected chi connectivity index (χ1v) is 4.92. The van der Waals surface area contributed by atoms with E-state index in [0.29, 0.717) is 12.2 Å². The highest BCUT2D eigenvalue weighted by atomic mass is 35.5. The van der Waals surface area contributed by atoms with Crippen molar-refractivity contribution in [1.82, 2.24) is 9.78 Å². The predicted octanol–water partition coefficient (Wildman–Crippen LogP) is 2.07. The van der Waals surface area contributed by atoms with E-state index in [1.165, 1.54) is 4.68 Å². The molecule has 1 rings (SSSR count). The summed E-state index contributed by atoms with van der Waals surface area (Å²) < 4.78 is 6.27. The maximum Gasteiger partial charge on any atom is 0.359 e. The first-order valence-electron chi connectivity index (χ1n) is 4.05. The molecule has 0 saturated carbocycles. The van der Waals surface area contributed by atoms with E-state index in [1.54, 1.807) is 20.2 Å². The number of hydrogen-bond donors (Lipinski definition) is 0. The minimum absolute atomic E-state index is 0.171. The molecule has 0 amide bonds. The van der Waals surface area contributed by atoms with Crippen molar-refractivity contribution < 1.29 is 9.53 Å². The fourth-order valence-electron chi connectivity index (χ4n) is 1.02. The Balaban J connectivity index is 3.00. The van der Waals surface area contributed by atoms with E-state index in [2.05, 4.69) is 5.10 Å². The van der Waals surface area contributed by atoms with Gasteiger partial charge in [-0.3, -0.25) is 4.68 Å². The van der Waals surface area contributed by atoms with Crippen molar-refractivity contribution >= 4 is 29.2 Å². The van der Waals surface area contributed by atoms with E-state index >= 15 is 0 Å². The number of aryl methyl sites for hydroxylation is 1. The lowest BCUT2D eigenvalue weighted by Gasteiger charge is -2.01. The molecule has 14 heavy (non-hydrogen) atoms. The number of rotatable bonds is 3. The first kappa shape index (κ1) is 11.3. The molecule has 0 aromatic carbocycles. The van der Waals surface area contributed by atoms with Gasteiger partial charge >= 0.3 is 5.97 Å². The summed E-state index contributed by atoms with van der Waals surface area (Å²) in [5.41, 5.74) is 0.638. The third-order valence-electron chi connectivity index (χ3n) is 1.56. The molecule has 0 saturated heterocycles. The minimum atomic E-state index is -0.775. The Hall–Kier alpha value is -0.740. The summed E-state index contributed by atoms with van der Waals surface area (Å²) in [4.78, 5) is 10.6. The van der Waals surface area contributed by atoms with Crippen LogP contribution in [0.25, 0.3) is 0 Å². The van der Waals surface area contributed by atoms with E-state index in [-0.39, 0.29) is 5.69 Å². The molecule has 1 heterocycles. The number of nitrogens with zero attached hydrogens (tertiary/aromatic N) is 2. The van der Waals surface area contributed by atoms with Crippen molar-refractivity contribution in [2.45, 2.75) is 11.8 Å². The predicted molar refractivity (Wildman–Crippen MR) is 53.6 cm³/mol. The van der Waals surface area contributed by atoms with Gasteiger partial charge in [0.05, 0.1) is 6.61 Å². The zero-order valence-corrected chi connectivity index (χ0v) is 9.34. The van der Waals surface area contributed by atoms with Crippen LogP contribution < -0.4 is 0 Å². The SMILES string of the molecule is CCOC(=O)c1nn(C)cc1C(Cl)Cl. The van der Waals surface area contributed by atoms with E-state index in [9.17, 15) is 4.79 Å². The van der Waals surface area contributed by atoms with Crippen LogP contribution in [0, 0.1) is 0 Å². The molecule has 1 aromatic rings. The molecule has 0 bridgehead atoms. The highest BCUT2D eigenvalue weighted by Gasteiger charge is 2.21. The Kier molecular flexibility index (Phi) is 3.77. The van der Waals surface area contributed by atoms with Gasteiger partial charge < -0.3 is 4.74 Å². The van der Waals surface area contributed by atoms with Crippen LogP contribution in [0.2, 0.25) is 0 Å². The summed E-state index contributed by atoms with van der Waals surface area (Å²) in [5, 5.41) is 3.92. The molecule has 0 aliphatic carbocycles. The number of ether oxygens (including phenoxy) is 1. The van der Waals surface area contributed by atoms with E-state index in [4.69, 9.17) is 27.9 Å². The molecule has 78 valence electrons. The largest absolute Gasteiger partial charge is 0.461 e. The molecule has 6 heteroatoms. The number of hydrogen-bond acceptors (Lipinski definition) is 3. The number of alkyl halides is 2. The molecular formula is C8H10Cl2N2O2. The van der Waals surface area contributed by atoms with Gasteiger partial charge in [-0.15, -0.1) is 0 Å². The average molecular weight is 237 g/mol. The number of esters is 1. The van der Waals surface area contributed by atoms with Crippen LogP contribution in [0.15, 0.2) is 6.20 Å². The van der Waals surface area contributed by atoms with Gasteiger partial charge in [0.2, 0.25) is 0 Å². The Morgan fingerprint density at radius 2 is 2.36 bits per heavy atom. The monoisotopic (exact) mass is 236 g/mol. The van der Waals surface area contributed by atoms with Gasteiger partial charge in [-0.25, -0.2) is 4.79 Å². The number of carbonyl (C=O) groups excluding carboxylic acids is 1. The number of halogens is 2. The smallest absolute Gasteiger partial charge is 0.359 e. The van der Waals surface area contributed by atoms with E-state index in [0.717, 1.165) is 0 Å². The number of carbonyl (C=O) groups is 1. The Morgan fingerprint density at radius 3 is 2.86 bits per heavy atom. The third-order valence-corrected chi connectivity index (χ3v) is 2.03. The third kappa shape index (κ3) is 2.39. The zero-order chi connectivity index (χ0) is 10.7. The van der Waals surface area contributed by atoms with Gasteiger partial charge in [0.1, 0.15) is 4.84 Å². The highest BCUT2D eigenvalue weighted by molar-refractivity contribution is 6.44. The van der Waals surface area contributed by atoms with Crippen LogP contribution in [0.3, 0.4) is 0 Å². The standard InChI is InChI=1S/C8H10Cl2N2O2/c1-3-14-8(13)6-5(7(9)10)4-12(2)11-6/h4,7H,3H2,1-2H3. The van der Waals surface area contributed by atoms with Crippen molar-refractivity contribution in [3.8, 4) is 0 Å². The van der Waals surface area contributed by atoms with Crippen LogP contribution >= 0.6 is 23.2 Å². The second-order valence-corrected chi connectivity index (χ2v) is 3.72. The van der Waals surface area contributed by atoms with Gasteiger partial charge in [-0.1, -0.05) is 23.2 Å². The molecule has 0 aliphatic rings. The molecule has 0 aliphatic heterocycles. The van der Waals surface area contributed by atoms with Crippen molar-refractivity contribution in [1.29, 1.82) is 0 Å². The topological polar surface area (TPSA) is 44.1 Å². The quantitative estimate of drug-likeness (QED) is 0.597. The van der Waals surface area contributed by atoms with Crippen LogP contribution in [0.4, 0.5) is 0 Å². The van der Waals surface area contributed by atoms with Crippen LogP contribution in [-0.2, 0) is 11.8 Å².